The zero-order valence-corrected chi connectivity index (χ0v) is 10.3. The van der Waals surface area contributed by atoms with Crippen LogP contribution in [0.1, 0.15) is 39.0 Å². The van der Waals surface area contributed by atoms with Gasteiger partial charge in [-0.3, -0.25) is 4.57 Å². The molecule has 0 aliphatic carbocycles. The lowest BCUT2D eigenvalue weighted by atomic mass is 10.2. The van der Waals surface area contributed by atoms with E-state index in [1.54, 1.807) is 5.82 Å². The van der Waals surface area contributed by atoms with Gasteiger partial charge in [-0.05, 0) is 12.8 Å². The number of hydrogen-bond acceptors (Lipinski definition) is 3. The standard InChI is InChI=1S/C10H21O3P/c1-4-5-6-7-8-9-10-14(11,12-2)13-3/h9-10H,4-8H2,1-3H3. The molecule has 84 valence electrons. The molecule has 3 nitrogen and oxygen atoms in total. The van der Waals surface area contributed by atoms with Crippen molar-refractivity contribution in [2.45, 2.75) is 39.0 Å². The topological polar surface area (TPSA) is 35.5 Å². The van der Waals surface area contributed by atoms with Gasteiger partial charge in [-0.2, -0.15) is 0 Å². The molecule has 14 heavy (non-hydrogen) atoms. The highest BCUT2D eigenvalue weighted by molar-refractivity contribution is 7.57. The van der Waals surface area contributed by atoms with Gasteiger partial charge in [0.1, 0.15) is 0 Å². The van der Waals surface area contributed by atoms with E-state index in [4.69, 9.17) is 9.05 Å². The van der Waals surface area contributed by atoms with Gasteiger partial charge in [-0.15, -0.1) is 0 Å². The highest BCUT2D eigenvalue weighted by atomic mass is 31.2. The maximum atomic E-state index is 11.5. The summed E-state index contributed by atoms with van der Waals surface area (Å²) in [6, 6.07) is 0. The first kappa shape index (κ1) is 13.9. The van der Waals surface area contributed by atoms with Crippen molar-refractivity contribution in [1.29, 1.82) is 0 Å². The molecule has 0 saturated carbocycles. The first-order chi connectivity index (χ1) is 6.68. The summed E-state index contributed by atoms with van der Waals surface area (Å²) in [7, 11) is -0.128. The Labute approximate surface area is 87.0 Å². The van der Waals surface area contributed by atoms with E-state index >= 15 is 0 Å². The second-order valence-corrected chi connectivity index (χ2v) is 5.25. The molecule has 0 atom stereocenters. The zero-order chi connectivity index (χ0) is 10.9. The minimum Gasteiger partial charge on any atom is -0.309 e. The van der Waals surface area contributed by atoms with Gasteiger partial charge in [0.25, 0.3) is 0 Å². The minimum atomic E-state index is -2.92. The molecule has 4 heteroatoms. The molecule has 0 N–H and O–H groups in total. The van der Waals surface area contributed by atoms with E-state index in [1.807, 2.05) is 6.08 Å². The molecule has 0 amide bonds. The van der Waals surface area contributed by atoms with E-state index in [0.29, 0.717) is 0 Å². The predicted octanol–water partition coefficient (Wildman–Crippen LogP) is 3.96. The molecular weight excluding hydrogens is 199 g/mol. The third-order valence-electron chi connectivity index (χ3n) is 2.02. The minimum absolute atomic E-state index is 0.941. The van der Waals surface area contributed by atoms with Crippen molar-refractivity contribution < 1.29 is 13.6 Å². The summed E-state index contributed by atoms with van der Waals surface area (Å²) in [4.78, 5) is 0. The van der Waals surface area contributed by atoms with Crippen LogP contribution >= 0.6 is 7.60 Å². The second kappa shape index (κ2) is 8.22. The fraction of sp³-hybridized carbons (Fsp3) is 0.800. The van der Waals surface area contributed by atoms with Crippen LogP contribution in [0.2, 0.25) is 0 Å². The van der Waals surface area contributed by atoms with Crippen molar-refractivity contribution in [3.8, 4) is 0 Å². The molecule has 0 rings (SSSR count). The van der Waals surface area contributed by atoms with Gasteiger partial charge in [-0.1, -0.05) is 32.3 Å². The smallest absolute Gasteiger partial charge is 0.309 e. The number of allylic oxidation sites excluding steroid dienone is 1. The number of unbranched alkanes of at least 4 members (excludes halogenated alkanes) is 4. The van der Waals surface area contributed by atoms with E-state index in [0.717, 1.165) is 12.8 Å². The summed E-state index contributed by atoms with van der Waals surface area (Å²) in [5.74, 6) is 1.54. The van der Waals surface area contributed by atoms with E-state index in [1.165, 1.54) is 33.5 Å². The molecule has 0 aromatic heterocycles. The summed E-state index contributed by atoms with van der Waals surface area (Å²) in [5, 5.41) is 0. The van der Waals surface area contributed by atoms with Crippen LogP contribution in [0.4, 0.5) is 0 Å². The molecule has 0 fully saturated rings. The van der Waals surface area contributed by atoms with Crippen LogP contribution < -0.4 is 0 Å². The fourth-order valence-electron chi connectivity index (χ4n) is 1.09. The lowest BCUT2D eigenvalue weighted by Crippen LogP contribution is -1.83. The largest absolute Gasteiger partial charge is 0.353 e. The molecule has 0 radical (unpaired) electrons. The van der Waals surface area contributed by atoms with E-state index in [2.05, 4.69) is 6.92 Å². The van der Waals surface area contributed by atoms with Crippen molar-refractivity contribution in [2.75, 3.05) is 14.2 Å². The van der Waals surface area contributed by atoms with Crippen molar-refractivity contribution in [3.05, 3.63) is 11.9 Å². The van der Waals surface area contributed by atoms with E-state index in [9.17, 15) is 4.57 Å². The van der Waals surface area contributed by atoms with Crippen molar-refractivity contribution in [3.63, 3.8) is 0 Å². The maximum absolute atomic E-state index is 11.5. The van der Waals surface area contributed by atoms with Crippen LogP contribution in [-0.2, 0) is 13.6 Å². The van der Waals surface area contributed by atoms with Gasteiger partial charge < -0.3 is 9.05 Å². The Balaban J connectivity index is 3.65. The molecule has 0 heterocycles. The van der Waals surface area contributed by atoms with Crippen LogP contribution in [0, 0.1) is 0 Å². The Hall–Kier alpha value is -0.110. The monoisotopic (exact) mass is 220 g/mol. The number of rotatable bonds is 8. The van der Waals surface area contributed by atoms with Gasteiger partial charge in [0.05, 0.1) is 0 Å². The first-order valence-corrected chi connectivity index (χ1v) is 6.68. The van der Waals surface area contributed by atoms with Crippen LogP contribution in [0.25, 0.3) is 0 Å². The molecule has 0 aromatic carbocycles. The summed E-state index contributed by atoms with van der Waals surface area (Å²) in [6.07, 6.45) is 7.68. The average molecular weight is 220 g/mol. The molecule has 0 saturated heterocycles. The molecule has 0 unspecified atom stereocenters. The van der Waals surface area contributed by atoms with Crippen molar-refractivity contribution in [1.82, 2.24) is 0 Å². The van der Waals surface area contributed by atoms with E-state index in [-0.39, 0.29) is 0 Å². The Morgan fingerprint density at radius 3 is 2.29 bits per heavy atom. The lowest BCUT2D eigenvalue weighted by Gasteiger charge is -2.07. The van der Waals surface area contributed by atoms with Gasteiger partial charge in [0.15, 0.2) is 0 Å². The van der Waals surface area contributed by atoms with Crippen LogP contribution in [-0.4, -0.2) is 14.2 Å². The molecule has 0 spiro atoms. The Morgan fingerprint density at radius 2 is 1.79 bits per heavy atom. The Bertz CT molecular complexity index is 194. The maximum Gasteiger partial charge on any atom is 0.353 e. The third kappa shape index (κ3) is 6.36. The highest BCUT2D eigenvalue weighted by Gasteiger charge is 2.14. The second-order valence-electron chi connectivity index (χ2n) is 3.14. The molecular formula is C10H21O3P. The van der Waals surface area contributed by atoms with Crippen LogP contribution in [0.5, 0.6) is 0 Å². The zero-order valence-electron chi connectivity index (χ0n) is 9.36. The highest BCUT2D eigenvalue weighted by Crippen LogP contribution is 2.47. The van der Waals surface area contributed by atoms with E-state index < -0.39 is 7.60 Å². The predicted molar refractivity (Wildman–Crippen MR) is 59.5 cm³/mol. The summed E-state index contributed by atoms with van der Waals surface area (Å²) >= 11 is 0. The van der Waals surface area contributed by atoms with Gasteiger partial charge in [0, 0.05) is 20.0 Å². The van der Waals surface area contributed by atoms with Crippen LogP contribution in [0.3, 0.4) is 0 Å². The Morgan fingerprint density at radius 1 is 1.14 bits per heavy atom. The average Bonchev–Trinajstić information content (AvgIpc) is 2.23. The Kier molecular flexibility index (Phi) is 8.15. The molecule has 0 bridgehead atoms. The lowest BCUT2D eigenvalue weighted by molar-refractivity contribution is 0.286. The van der Waals surface area contributed by atoms with Gasteiger partial charge in [-0.25, -0.2) is 0 Å². The van der Waals surface area contributed by atoms with Gasteiger partial charge in [0.2, 0.25) is 0 Å². The summed E-state index contributed by atoms with van der Waals surface area (Å²) in [6.45, 7) is 2.18. The summed E-state index contributed by atoms with van der Waals surface area (Å²) in [5.41, 5.74) is 0. The SMILES string of the molecule is CCCCCCC=CP(=O)(OC)OC. The van der Waals surface area contributed by atoms with Gasteiger partial charge >= 0.3 is 7.60 Å². The molecule has 0 aliphatic rings. The normalized spacial score (nSPS) is 12.5. The third-order valence-corrected chi connectivity index (χ3v) is 3.62. The van der Waals surface area contributed by atoms with Crippen LogP contribution in [0.15, 0.2) is 11.9 Å². The van der Waals surface area contributed by atoms with Crippen molar-refractivity contribution in [2.24, 2.45) is 0 Å². The first-order valence-electron chi connectivity index (χ1n) is 5.07. The quantitative estimate of drug-likeness (QED) is 0.459. The fourth-order valence-corrected chi connectivity index (χ4v) is 1.89. The van der Waals surface area contributed by atoms with Crippen molar-refractivity contribution >= 4 is 7.60 Å². The number of hydrogen-bond donors (Lipinski definition) is 0. The molecule has 0 aliphatic heterocycles. The summed E-state index contributed by atoms with van der Waals surface area (Å²) < 4.78 is 21.0. The molecule has 0 aromatic rings.